The van der Waals surface area contributed by atoms with Crippen molar-refractivity contribution in [2.75, 3.05) is 25.6 Å². The Morgan fingerprint density at radius 3 is 2.62 bits per heavy atom. The molecule has 29 heavy (non-hydrogen) atoms. The van der Waals surface area contributed by atoms with E-state index >= 15 is 0 Å². The molecule has 152 valence electrons. The SMILES string of the molecule is COC(=O)CN1C(=O)C2C(N=C3N(c4cc(C)ccc4C)C(C)=CN32)N(C)C1=O. The van der Waals surface area contributed by atoms with Gasteiger partial charge in [-0.2, -0.15) is 0 Å². The predicted molar refractivity (Wildman–Crippen MR) is 106 cm³/mol. The van der Waals surface area contributed by atoms with Crippen molar-refractivity contribution in [1.29, 1.82) is 0 Å². The average molecular weight is 397 g/mol. The number of fused-ring (bicyclic) bond motifs is 3. The van der Waals surface area contributed by atoms with Gasteiger partial charge in [0.25, 0.3) is 5.91 Å². The molecular formula is C20H23N5O4. The first-order chi connectivity index (χ1) is 13.7. The molecule has 9 heteroatoms. The summed E-state index contributed by atoms with van der Waals surface area (Å²) in [4.78, 5) is 48.3. The summed E-state index contributed by atoms with van der Waals surface area (Å²) < 4.78 is 4.63. The minimum Gasteiger partial charge on any atom is -0.468 e. The smallest absolute Gasteiger partial charge is 0.328 e. The zero-order chi connectivity index (χ0) is 21.0. The Morgan fingerprint density at radius 1 is 1.21 bits per heavy atom. The molecule has 1 saturated heterocycles. The highest BCUT2D eigenvalue weighted by atomic mass is 16.5. The maximum absolute atomic E-state index is 13.1. The van der Waals surface area contributed by atoms with E-state index in [1.54, 1.807) is 11.9 Å². The minimum atomic E-state index is -0.720. The summed E-state index contributed by atoms with van der Waals surface area (Å²) in [5.41, 5.74) is 4.08. The standard InChI is InChI=1S/C20H23N5O4/c1-11-6-7-12(2)14(8-11)25-13(3)9-23-16-17(21-19(23)25)22(4)20(28)24(18(16)27)10-15(26)29-5/h6-9,16-17H,10H2,1-5H3. The number of benzene rings is 1. The van der Waals surface area contributed by atoms with Crippen LogP contribution < -0.4 is 4.90 Å². The third kappa shape index (κ3) is 2.76. The molecule has 0 saturated carbocycles. The molecule has 1 fully saturated rings. The lowest BCUT2D eigenvalue weighted by Crippen LogP contribution is -2.65. The molecule has 3 aliphatic heterocycles. The van der Waals surface area contributed by atoms with Crippen LogP contribution in [0.5, 0.6) is 0 Å². The number of allylic oxidation sites excluding steroid dienone is 1. The van der Waals surface area contributed by atoms with E-state index in [0.29, 0.717) is 5.96 Å². The van der Waals surface area contributed by atoms with Gasteiger partial charge in [-0.15, -0.1) is 0 Å². The Morgan fingerprint density at radius 2 is 1.93 bits per heavy atom. The number of aliphatic imine (C=N–C) groups is 1. The number of guanidine groups is 1. The summed E-state index contributed by atoms with van der Waals surface area (Å²) >= 11 is 0. The fourth-order valence-corrected chi connectivity index (χ4v) is 3.95. The Hall–Kier alpha value is -3.36. The molecule has 0 bridgehead atoms. The summed E-state index contributed by atoms with van der Waals surface area (Å²) in [6.45, 7) is 5.57. The van der Waals surface area contributed by atoms with Gasteiger partial charge in [-0.1, -0.05) is 12.1 Å². The second-order valence-electron chi connectivity index (χ2n) is 7.48. The number of imide groups is 1. The van der Waals surface area contributed by atoms with Crippen molar-refractivity contribution in [3.63, 3.8) is 0 Å². The van der Waals surface area contributed by atoms with Gasteiger partial charge in [-0.05, 0) is 38.0 Å². The van der Waals surface area contributed by atoms with Crippen LogP contribution in [0.25, 0.3) is 0 Å². The molecule has 1 aromatic rings. The fourth-order valence-electron chi connectivity index (χ4n) is 3.95. The number of carbonyl (C=O) groups excluding carboxylic acids is 3. The zero-order valence-corrected chi connectivity index (χ0v) is 17.0. The largest absolute Gasteiger partial charge is 0.468 e. The lowest BCUT2D eigenvalue weighted by Gasteiger charge is -2.39. The lowest BCUT2D eigenvalue weighted by atomic mass is 10.1. The maximum Gasteiger partial charge on any atom is 0.328 e. The zero-order valence-electron chi connectivity index (χ0n) is 17.0. The molecule has 9 nitrogen and oxygen atoms in total. The molecule has 0 spiro atoms. The molecule has 0 aromatic heterocycles. The fraction of sp³-hybridized carbons (Fsp3) is 0.400. The van der Waals surface area contributed by atoms with Gasteiger partial charge >= 0.3 is 12.0 Å². The molecule has 2 atom stereocenters. The van der Waals surface area contributed by atoms with Crippen molar-refractivity contribution < 1.29 is 19.1 Å². The first-order valence-corrected chi connectivity index (χ1v) is 9.31. The second-order valence-corrected chi connectivity index (χ2v) is 7.48. The number of anilines is 1. The van der Waals surface area contributed by atoms with Crippen molar-refractivity contribution in [3.8, 4) is 0 Å². The molecule has 3 amide bonds. The summed E-state index contributed by atoms with van der Waals surface area (Å²) in [5, 5.41) is 0. The number of rotatable bonds is 3. The highest BCUT2D eigenvalue weighted by Crippen LogP contribution is 2.37. The number of amides is 3. The first-order valence-electron chi connectivity index (χ1n) is 9.31. The topological polar surface area (TPSA) is 85.8 Å². The van der Waals surface area contributed by atoms with E-state index in [2.05, 4.69) is 10.8 Å². The predicted octanol–water partition coefficient (Wildman–Crippen LogP) is 1.42. The number of ether oxygens (including phenoxy) is 1. The molecule has 2 unspecified atom stereocenters. The van der Waals surface area contributed by atoms with Gasteiger partial charge in [0.15, 0.2) is 12.2 Å². The first kappa shape index (κ1) is 19.0. The third-order valence-corrected chi connectivity index (χ3v) is 5.51. The molecule has 3 aliphatic rings. The van der Waals surface area contributed by atoms with E-state index in [4.69, 9.17) is 4.99 Å². The monoisotopic (exact) mass is 397 g/mol. The molecule has 1 aromatic carbocycles. The van der Waals surface area contributed by atoms with Crippen LogP contribution in [0, 0.1) is 13.8 Å². The van der Waals surface area contributed by atoms with E-state index in [1.807, 2.05) is 44.0 Å². The van der Waals surface area contributed by atoms with Gasteiger partial charge in [-0.25, -0.2) is 9.79 Å². The van der Waals surface area contributed by atoms with Crippen LogP contribution >= 0.6 is 0 Å². The van der Waals surface area contributed by atoms with E-state index < -0.39 is 36.7 Å². The normalized spacial score (nSPS) is 23.2. The second kappa shape index (κ2) is 6.61. The summed E-state index contributed by atoms with van der Waals surface area (Å²) in [7, 11) is 2.81. The summed E-state index contributed by atoms with van der Waals surface area (Å²) in [6.07, 6.45) is 1.21. The van der Waals surface area contributed by atoms with Crippen LogP contribution in [-0.4, -0.2) is 71.5 Å². The van der Waals surface area contributed by atoms with Crippen molar-refractivity contribution in [2.45, 2.75) is 33.0 Å². The molecule has 4 rings (SSSR count). The van der Waals surface area contributed by atoms with Gasteiger partial charge in [0, 0.05) is 18.9 Å². The molecule has 0 radical (unpaired) electrons. The van der Waals surface area contributed by atoms with E-state index in [9.17, 15) is 14.4 Å². The van der Waals surface area contributed by atoms with Crippen LogP contribution in [-0.2, 0) is 14.3 Å². The lowest BCUT2D eigenvalue weighted by molar-refractivity contribution is -0.148. The maximum atomic E-state index is 13.1. The number of urea groups is 1. The molecular weight excluding hydrogens is 374 g/mol. The number of aryl methyl sites for hydroxylation is 2. The Bertz CT molecular complexity index is 985. The molecule has 0 aliphatic carbocycles. The number of carbonyl (C=O) groups is 3. The van der Waals surface area contributed by atoms with Crippen LogP contribution in [0.3, 0.4) is 0 Å². The quantitative estimate of drug-likeness (QED) is 0.717. The molecule has 3 heterocycles. The van der Waals surface area contributed by atoms with E-state index in [1.165, 1.54) is 12.0 Å². The van der Waals surface area contributed by atoms with Gasteiger partial charge < -0.3 is 14.5 Å². The van der Waals surface area contributed by atoms with Crippen LogP contribution in [0.1, 0.15) is 18.1 Å². The van der Waals surface area contributed by atoms with Crippen molar-refractivity contribution in [1.82, 2.24) is 14.7 Å². The number of likely N-dealkylation sites (N-methyl/N-ethyl adjacent to an activating group) is 1. The van der Waals surface area contributed by atoms with Crippen molar-refractivity contribution >= 4 is 29.6 Å². The average Bonchev–Trinajstić information content (AvgIpc) is 3.20. The number of hydrogen-bond donors (Lipinski definition) is 0. The number of hydrogen-bond acceptors (Lipinski definition) is 7. The van der Waals surface area contributed by atoms with Gasteiger partial charge in [0.05, 0.1) is 12.8 Å². The Balaban J connectivity index is 1.72. The third-order valence-electron chi connectivity index (χ3n) is 5.51. The van der Waals surface area contributed by atoms with E-state index in [-0.39, 0.29) is 0 Å². The van der Waals surface area contributed by atoms with Crippen molar-refractivity contribution in [2.24, 2.45) is 4.99 Å². The minimum absolute atomic E-state index is 0.422. The highest BCUT2D eigenvalue weighted by molar-refractivity contribution is 6.10. The van der Waals surface area contributed by atoms with Gasteiger partial charge in [-0.3, -0.25) is 19.4 Å². The van der Waals surface area contributed by atoms with Crippen LogP contribution in [0.2, 0.25) is 0 Å². The number of nitrogens with zero attached hydrogens (tertiary/aromatic N) is 5. The summed E-state index contributed by atoms with van der Waals surface area (Å²) in [5.74, 6) is -0.518. The van der Waals surface area contributed by atoms with Crippen molar-refractivity contribution in [3.05, 3.63) is 41.2 Å². The molecule has 0 N–H and O–H groups in total. The van der Waals surface area contributed by atoms with Gasteiger partial charge in [0.2, 0.25) is 5.96 Å². The highest BCUT2D eigenvalue weighted by Gasteiger charge is 2.54. The number of methoxy groups -OCH3 is 1. The van der Waals surface area contributed by atoms with Gasteiger partial charge in [0.1, 0.15) is 6.54 Å². The Kier molecular flexibility index (Phi) is 4.33. The summed E-state index contributed by atoms with van der Waals surface area (Å²) in [6, 6.07) is 4.87. The number of esters is 1. The van der Waals surface area contributed by atoms with Crippen LogP contribution in [0.4, 0.5) is 10.5 Å². The Labute approximate surface area is 168 Å². The van der Waals surface area contributed by atoms with Crippen LogP contribution in [0.15, 0.2) is 35.1 Å². The van der Waals surface area contributed by atoms with E-state index in [0.717, 1.165) is 27.4 Å².